The Hall–Kier alpha value is -0.960. The van der Waals surface area contributed by atoms with Gasteiger partial charge < -0.3 is 5.73 Å². The van der Waals surface area contributed by atoms with Gasteiger partial charge in [-0.3, -0.25) is 9.97 Å². The lowest BCUT2D eigenvalue weighted by Gasteiger charge is -1.99. The third kappa shape index (κ3) is 2.58. The van der Waals surface area contributed by atoms with E-state index in [9.17, 15) is 0 Å². The van der Waals surface area contributed by atoms with Crippen molar-refractivity contribution in [1.29, 1.82) is 0 Å². The van der Waals surface area contributed by atoms with E-state index in [0.717, 1.165) is 37.2 Å². The van der Waals surface area contributed by atoms with Crippen molar-refractivity contribution in [2.24, 2.45) is 5.73 Å². The topological polar surface area (TPSA) is 51.8 Å². The van der Waals surface area contributed by atoms with Gasteiger partial charge >= 0.3 is 0 Å². The molecule has 3 nitrogen and oxygen atoms in total. The maximum absolute atomic E-state index is 5.38. The normalized spacial score (nSPS) is 10.2. The minimum absolute atomic E-state index is 0.719. The van der Waals surface area contributed by atoms with Gasteiger partial charge in [-0.2, -0.15) is 0 Å². The second-order valence-corrected chi connectivity index (χ2v) is 2.74. The van der Waals surface area contributed by atoms with E-state index in [-0.39, 0.29) is 0 Å². The highest BCUT2D eigenvalue weighted by Gasteiger charge is 1.94. The summed E-state index contributed by atoms with van der Waals surface area (Å²) < 4.78 is 0. The number of rotatable bonds is 4. The molecule has 2 N–H and O–H groups in total. The van der Waals surface area contributed by atoms with Crippen LogP contribution in [0.5, 0.6) is 0 Å². The minimum Gasteiger partial charge on any atom is -0.330 e. The highest BCUT2D eigenvalue weighted by atomic mass is 14.8. The quantitative estimate of drug-likeness (QED) is 0.722. The summed E-state index contributed by atoms with van der Waals surface area (Å²) in [5.74, 6) is 0. The van der Waals surface area contributed by atoms with Gasteiger partial charge in [0.05, 0.1) is 11.4 Å². The molecule has 3 heteroatoms. The van der Waals surface area contributed by atoms with Gasteiger partial charge in [0.25, 0.3) is 0 Å². The molecule has 1 aromatic heterocycles. The van der Waals surface area contributed by atoms with Crippen LogP contribution in [0.2, 0.25) is 0 Å². The van der Waals surface area contributed by atoms with Gasteiger partial charge in [-0.1, -0.05) is 6.92 Å². The van der Waals surface area contributed by atoms with Gasteiger partial charge in [0.1, 0.15) is 0 Å². The molecule has 0 radical (unpaired) electrons. The number of hydrogen-bond donors (Lipinski definition) is 1. The van der Waals surface area contributed by atoms with E-state index in [2.05, 4.69) is 16.9 Å². The Morgan fingerprint density at radius 2 is 1.92 bits per heavy atom. The standard InChI is InChI=1S/C9H15N3/c1-2-8-6-12-9(7-11-8)4-3-5-10/h6-7H,2-5,10H2,1H3. The Kier molecular flexibility index (Phi) is 3.67. The van der Waals surface area contributed by atoms with Gasteiger partial charge in [-0.25, -0.2) is 0 Å². The highest BCUT2D eigenvalue weighted by molar-refractivity contribution is 5.02. The largest absolute Gasteiger partial charge is 0.330 e. The SMILES string of the molecule is CCc1cnc(CCCN)cn1. The van der Waals surface area contributed by atoms with Crippen LogP contribution in [0.3, 0.4) is 0 Å². The molecule has 0 aliphatic rings. The molecular formula is C9H15N3. The predicted octanol–water partition coefficient (Wildman–Crippen LogP) is 0.930. The second-order valence-electron chi connectivity index (χ2n) is 2.74. The first-order chi connectivity index (χ1) is 5.86. The lowest BCUT2D eigenvalue weighted by atomic mass is 10.2. The van der Waals surface area contributed by atoms with Crippen LogP contribution in [0.1, 0.15) is 24.7 Å². The van der Waals surface area contributed by atoms with E-state index < -0.39 is 0 Å². The average molecular weight is 165 g/mol. The predicted molar refractivity (Wildman–Crippen MR) is 48.8 cm³/mol. The first-order valence-electron chi connectivity index (χ1n) is 4.36. The van der Waals surface area contributed by atoms with Crippen molar-refractivity contribution in [3.63, 3.8) is 0 Å². The van der Waals surface area contributed by atoms with E-state index >= 15 is 0 Å². The van der Waals surface area contributed by atoms with Crippen molar-refractivity contribution in [2.45, 2.75) is 26.2 Å². The smallest absolute Gasteiger partial charge is 0.0587 e. The fraction of sp³-hybridized carbons (Fsp3) is 0.556. The van der Waals surface area contributed by atoms with Crippen LogP contribution >= 0.6 is 0 Å². The molecule has 1 heterocycles. The van der Waals surface area contributed by atoms with Crippen molar-refractivity contribution < 1.29 is 0 Å². The van der Waals surface area contributed by atoms with Crippen molar-refractivity contribution in [1.82, 2.24) is 9.97 Å². The fourth-order valence-corrected chi connectivity index (χ4v) is 0.976. The molecule has 1 rings (SSSR count). The zero-order valence-electron chi connectivity index (χ0n) is 7.45. The summed E-state index contributed by atoms with van der Waals surface area (Å²) >= 11 is 0. The van der Waals surface area contributed by atoms with E-state index in [1.807, 2.05) is 12.4 Å². The summed E-state index contributed by atoms with van der Waals surface area (Å²) in [6, 6.07) is 0. The molecule has 0 saturated heterocycles. The number of aromatic nitrogens is 2. The Morgan fingerprint density at radius 3 is 2.42 bits per heavy atom. The van der Waals surface area contributed by atoms with Crippen molar-refractivity contribution >= 4 is 0 Å². The molecule has 0 unspecified atom stereocenters. The first kappa shape index (κ1) is 9.13. The maximum Gasteiger partial charge on any atom is 0.0587 e. The number of nitrogens with zero attached hydrogens (tertiary/aromatic N) is 2. The van der Waals surface area contributed by atoms with Crippen LogP contribution in [0, 0.1) is 0 Å². The minimum atomic E-state index is 0.719. The van der Waals surface area contributed by atoms with E-state index in [4.69, 9.17) is 5.73 Å². The molecule has 1 aromatic rings. The lowest BCUT2D eigenvalue weighted by Crippen LogP contribution is -2.02. The van der Waals surface area contributed by atoms with Gasteiger partial charge in [0.15, 0.2) is 0 Å². The molecule has 0 aliphatic carbocycles. The fourth-order valence-electron chi connectivity index (χ4n) is 0.976. The monoisotopic (exact) mass is 165 g/mol. The average Bonchev–Trinajstić information content (AvgIpc) is 2.15. The van der Waals surface area contributed by atoms with E-state index in [1.165, 1.54) is 0 Å². The molecule has 0 bridgehead atoms. The lowest BCUT2D eigenvalue weighted by molar-refractivity contribution is 0.798. The van der Waals surface area contributed by atoms with Crippen molar-refractivity contribution in [2.75, 3.05) is 6.54 Å². The summed E-state index contributed by atoms with van der Waals surface area (Å²) in [7, 11) is 0. The first-order valence-corrected chi connectivity index (χ1v) is 4.36. The second kappa shape index (κ2) is 4.83. The molecule has 12 heavy (non-hydrogen) atoms. The maximum atomic E-state index is 5.38. The Labute approximate surface area is 73.0 Å². The summed E-state index contributed by atoms with van der Waals surface area (Å²) in [6.07, 6.45) is 6.55. The number of nitrogens with two attached hydrogens (primary N) is 1. The zero-order valence-corrected chi connectivity index (χ0v) is 7.45. The Balaban J connectivity index is 2.53. The van der Waals surface area contributed by atoms with Gasteiger partial charge in [0, 0.05) is 12.4 Å². The van der Waals surface area contributed by atoms with Crippen LogP contribution in [-0.2, 0) is 12.8 Å². The molecule has 0 aliphatic heterocycles. The van der Waals surface area contributed by atoms with Crippen molar-refractivity contribution in [3.05, 3.63) is 23.8 Å². The summed E-state index contributed by atoms with van der Waals surface area (Å²) in [4.78, 5) is 8.52. The van der Waals surface area contributed by atoms with Gasteiger partial charge in [0.2, 0.25) is 0 Å². The van der Waals surface area contributed by atoms with E-state index in [0.29, 0.717) is 0 Å². The van der Waals surface area contributed by atoms with Crippen LogP contribution in [0.4, 0.5) is 0 Å². The third-order valence-electron chi connectivity index (χ3n) is 1.76. The molecule has 0 fully saturated rings. The summed E-state index contributed by atoms with van der Waals surface area (Å²) in [5.41, 5.74) is 7.47. The summed E-state index contributed by atoms with van der Waals surface area (Å²) in [5, 5.41) is 0. The Morgan fingerprint density at radius 1 is 1.25 bits per heavy atom. The number of aryl methyl sites for hydroxylation is 2. The Bertz CT molecular complexity index is 218. The molecular weight excluding hydrogens is 150 g/mol. The summed E-state index contributed by atoms with van der Waals surface area (Å²) in [6.45, 7) is 2.79. The molecule has 0 amide bonds. The van der Waals surface area contributed by atoms with Crippen LogP contribution in [0.25, 0.3) is 0 Å². The van der Waals surface area contributed by atoms with Crippen LogP contribution in [-0.4, -0.2) is 16.5 Å². The highest BCUT2D eigenvalue weighted by Crippen LogP contribution is 1.98. The molecule has 0 saturated carbocycles. The van der Waals surface area contributed by atoms with Gasteiger partial charge in [-0.15, -0.1) is 0 Å². The van der Waals surface area contributed by atoms with Crippen LogP contribution < -0.4 is 5.73 Å². The zero-order chi connectivity index (χ0) is 8.81. The molecule has 0 atom stereocenters. The molecule has 0 aromatic carbocycles. The molecule has 0 spiro atoms. The third-order valence-corrected chi connectivity index (χ3v) is 1.76. The van der Waals surface area contributed by atoms with Gasteiger partial charge in [-0.05, 0) is 25.8 Å². The van der Waals surface area contributed by atoms with E-state index in [1.54, 1.807) is 0 Å². The van der Waals surface area contributed by atoms with Crippen molar-refractivity contribution in [3.8, 4) is 0 Å². The molecule has 66 valence electrons. The van der Waals surface area contributed by atoms with Crippen LogP contribution in [0.15, 0.2) is 12.4 Å². The number of hydrogen-bond acceptors (Lipinski definition) is 3.